The van der Waals surface area contributed by atoms with Gasteiger partial charge in [0, 0.05) is 31.4 Å². The third kappa shape index (κ3) is 5.77. The second kappa shape index (κ2) is 9.48. The van der Waals surface area contributed by atoms with Crippen LogP contribution in [0.1, 0.15) is 11.6 Å². The van der Waals surface area contributed by atoms with Crippen molar-refractivity contribution in [2.45, 2.75) is 6.04 Å². The lowest BCUT2D eigenvalue weighted by atomic mass is 10.1. The summed E-state index contributed by atoms with van der Waals surface area (Å²) in [5.74, 6) is 0.554. The smallest absolute Gasteiger partial charge is 0.319 e. The lowest BCUT2D eigenvalue weighted by Crippen LogP contribution is -2.37. The summed E-state index contributed by atoms with van der Waals surface area (Å²) in [6, 6.07) is 13.1. The van der Waals surface area contributed by atoms with Gasteiger partial charge in [-0.05, 0) is 50.0 Å². The van der Waals surface area contributed by atoms with Gasteiger partial charge in [0.15, 0.2) is 0 Å². The first-order valence-electron chi connectivity index (χ1n) is 8.64. The number of benzene rings is 2. The van der Waals surface area contributed by atoms with E-state index in [1.54, 1.807) is 25.3 Å². The van der Waals surface area contributed by atoms with Gasteiger partial charge < -0.3 is 25.2 Å². The molecule has 0 heterocycles. The van der Waals surface area contributed by atoms with Crippen LogP contribution < -0.4 is 20.3 Å². The van der Waals surface area contributed by atoms with Gasteiger partial charge >= 0.3 is 6.03 Å². The van der Waals surface area contributed by atoms with E-state index in [-0.39, 0.29) is 12.1 Å². The van der Waals surface area contributed by atoms with Crippen molar-refractivity contribution in [2.24, 2.45) is 0 Å². The Morgan fingerprint density at radius 3 is 2.33 bits per heavy atom. The number of carbonyl (C=O) groups is 1. The highest BCUT2D eigenvalue weighted by Gasteiger charge is 2.16. The van der Waals surface area contributed by atoms with Crippen LogP contribution in [0.2, 0.25) is 5.02 Å². The van der Waals surface area contributed by atoms with Gasteiger partial charge in [-0.3, -0.25) is 0 Å². The molecule has 2 aromatic rings. The van der Waals surface area contributed by atoms with E-state index in [9.17, 15) is 4.79 Å². The van der Waals surface area contributed by atoms with Crippen LogP contribution in [-0.2, 0) is 0 Å². The van der Waals surface area contributed by atoms with Crippen molar-refractivity contribution in [3.8, 4) is 5.75 Å². The second-order valence-electron chi connectivity index (χ2n) is 6.64. The van der Waals surface area contributed by atoms with E-state index in [0.717, 1.165) is 11.3 Å². The molecule has 27 heavy (non-hydrogen) atoms. The van der Waals surface area contributed by atoms with Crippen LogP contribution in [0, 0.1) is 0 Å². The fraction of sp³-hybridized carbons (Fsp3) is 0.350. The predicted octanol–water partition coefficient (Wildman–Crippen LogP) is 3.84. The number of carbonyl (C=O) groups excluding carboxylic acids is 1. The molecule has 0 aromatic heterocycles. The monoisotopic (exact) mass is 390 g/mol. The van der Waals surface area contributed by atoms with Crippen LogP contribution >= 0.6 is 11.6 Å². The van der Waals surface area contributed by atoms with Crippen molar-refractivity contribution in [3.05, 3.63) is 53.1 Å². The Morgan fingerprint density at radius 2 is 1.78 bits per heavy atom. The van der Waals surface area contributed by atoms with E-state index in [1.165, 1.54) is 0 Å². The molecule has 0 spiro atoms. The van der Waals surface area contributed by atoms with Gasteiger partial charge in [0.1, 0.15) is 5.75 Å². The van der Waals surface area contributed by atoms with Gasteiger partial charge in [0.05, 0.1) is 18.8 Å². The number of methoxy groups -OCH3 is 1. The Hall–Kier alpha value is -2.44. The number of rotatable bonds is 7. The first-order chi connectivity index (χ1) is 12.8. The second-order valence-corrected chi connectivity index (χ2v) is 7.08. The molecule has 2 aromatic carbocycles. The number of urea groups is 1. The zero-order chi connectivity index (χ0) is 20.0. The van der Waals surface area contributed by atoms with E-state index in [2.05, 4.69) is 44.7 Å². The Morgan fingerprint density at radius 1 is 1.11 bits per heavy atom. The third-order valence-electron chi connectivity index (χ3n) is 4.28. The van der Waals surface area contributed by atoms with Crippen LogP contribution in [0.25, 0.3) is 0 Å². The maximum absolute atomic E-state index is 12.3. The molecule has 1 unspecified atom stereocenters. The molecule has 0 aliphatic heterocycles. The lowest BCUT2D eigenvalue weighted by Gasteiger charge is -2.26. The van der Waals surface area contributed by atoms with E-state index < -0.39 is 0 Å². The summed E-state index contributed by atoms with van der Waals surface area (Å²) >= 11 is 6.00. The van der Waals surface area contributed by atoms with E-state index in [4.69, 9.17) is 16.3 Å². The summed E-state index contributed by atoms with van der Waals surface area (Å²) < 4.78 is 5.25. The molecule has 0 aliphatic rings. The summed E-state index contributed by atoms with van der Waals surface area (Å²) in [5.41, 5.74) is 2.79. The molecule has 146 valence electrons. The minimum absolute atomic E-state index is 0.0493. The number of hydrogen-bond donors (Lipinski definition) is 2. The number of hydrogen-bond acceptors (Lipinski definition) is 4. The molecular formula is C20H27ClN4O2. The standard InChI is InChI=1S/C20H27ClN4O2/c1-24(2)16-9-6-14(7-10-16)18(25(3)4)13-22-20(26)23-17-12-15(21)8-11-19(17)27-5/h6-12,18H,13H2,1-5H3,(H2,22,23,26). The number of amides is 2. The molecule has 0 radical (unpaired) electrons. The van der Waals surface area contributed by atoms with Crippen molar-refractivity contribution in [1.29, 1.82) is 0 Å². The molecule has 0 saturated heterocycles. The topological polar surface area (TPSA) is 56.8 Å². The van der Waals surface area contributed by atoms with Gasteiger partial charge in [-0.15, -0.1) is 0 Å². The van der Waals surface area contributed by atoms with Crippen LogP contribution in [0.15, 0.2) is 42.5 Å². The predicted molar refractivity (Wildman–Crippen MR) is 112 cm³/mol. The van der Waals surface area contributed by atoms with E-state index in [0.29, 0.717) is 23.0 Å². The molecule has 0 aliphatic carbocycles. The van der Waals surface area contributed by atoms with E-state index >= 15 is 0 Å². The van der Waals surface area contributed by atoms with Gasteiger partial charge in [-0.1, -0.05) is 23.7 Å². The molecule has 6 nitrogen and oxygen atoms in total. The molecular weight excluding hydrogens is 364 g/mol. The summed E-state index contributed by atoms with van der Waals surface area (Å²) in [6.45, 7) is 0.461. The van der Waals surface area contributed by atoms with Crippen molar-refractivity contribution in [1.82, 2.24) is 10.2 Å². The van der Waals surface area contributed by atoms with Gasteiger partial charge in [-0.25, -0.2) is 4.79 Å². The maximum atomic E-state index is 12.3. The number of anilines is 2. The normalized spacial score (nSPS) is 11.8. The lowest BCUT2D eigenvalue weighted by molar-refractivity contribution is 0.243. The van der Waals surface area contributed by atoms with Crippen LogP contribution in [0.4, 0.5) is 16.2 Å². The average molecular weight is 391 g/mol. The molecule has 1 atom stereocenters. The Balaban J connectivity index is 2.03. The molecule has 0 saturated carbocycles. The zero-order valence-electron chi connectivity index (χ0n) is 16.4. The van der Waals surface area contributed by atoms with Crippen LogP contribution in [-0.4, -0.2) is 52.8 Å². The fourth-order valence-corrected chi connectivity index (χ4v) is 2.90. The SMILES string of the molecule is COc1ccc(Cl)cc1NC(=O)NCC(c1ccc(N(C)C)cc1)N(C)C. The molecule has 2 amide bonds. The van der Waals surface area contributed by atoms with Gasteiger partial charge in [0.2, 0.25) is 0 Å². The summed E-state index contributed by atoms with van der Waals surface area (Å²) in [4.78, 5) is 16.5. The highest BCUT2D eigenvalue weighted by atomic mass is 35.5. The number of likely N-dealkylation sites (N-methyl/N-ethyl adjacent to an activating group) is 1. The minimum atomic E-state index is -0.313. The maximum Gasteiger partial charge on any atom is 0.319 e. The van der Waals surface area contributed by atoms with Crippen LogP contribution in [0.5, 0.6) is 5.75 Å². The van der Waals surface area contributed by atoms with Crippen molar-refractivity contribution >= 4 is 29.0 Å². The molecule has 2 rings (SSSR count). The zero-order valence-corrected chi connectivity index (χ0v) is 17.2. The average Bonchev–Trinajstić information content (AvgIpc) is 2.62. The molecule has 7 heteroatoms. The Labute approximate surface area is 166 Å². The fourth-order valence-electron chi connectivity index (χ4n) is 2.73. The minimum Gasteiger partial charge on any atom is -0.495 e. The number of halogens is 1. The number of nitrogens with one attached hydrogen (secondary N) is 2. The number of nitrogens with zero attached hydrogens (tertiary/aromatic N) is 2. The number of ether oxygens (including phenoxy) is 1. The molecule has 2 N–H and O–H groups in total. The Kier molecular flexibility index (Phi) is 7.33. The molecule has 0 bridgehead atoms. The first-order valence-corrected chi connectivity index (χ1v) is 9.01. The van der Waals surface area contributed by atoms with Crippen LogP contribution in [0.3, 0.4) is 0 Å². The van der Waals surface area contributed by atoms with E-state index in [1.807, 2.05) is 28.2 Å². The largest absolute Gasteiger partial charge is 0.495 e. The van der Waals surface area contributed by atoms with Crippen molar-refractivity contribution in [3.63, 3.8) is 0 Å². The van der Waals surface area contributed by atoms with Crippen molar-refractivity contribution < 1.29 is 9.53 Å². The third-order valence-corrected chi connectivity index (χ3v) is 4.52. The first kappa shape index (κ1) is 20.9. The Bertz CT molecular complexity index is 763. The highest BCUT2D eigenvalue weighted by Crippen LogP contribution is 2.27. The summed E-state index contributed by atoms with van der Waals surface area (Å²) in [5, 5.41) is 6.23. The summed E-state index contributed by atoms with van der Waals surface area (Å²) in [7, 11) is 9.54. The van der Waals surface area contributed by atoms with Gasteiger partial charge in [0.25, 0.3) is 0 Å². The van der Waals surface area contributed by atoms with Crippen molar-refractivity contribution in [2.75, 3.05) is 52.1 Å². The quantitative estimate of drug-likeness (QED) is 0.754. The van der Waals surface area contributed by atoms with Gasteiger partial charge in [-0.2, -0.15) is 0 Å². The highest BCUT2D eigenvalue weighted by molar-refractivity contribution is 6.31. The summed E-state index contributed by atoms with van der Waals surface area (Å²) in [6.07, 6.45) is 0. The molecule has 0 fully saturated rings.